The largest absolute Gasteiger partial charge is 0.365 e. The molecule has 1 amide bonds. The second kappa shape index (κ2) is 9.28. The van der Waals surface area contributed by atoms with E-state index in [2.05, 4.69) is 57.3 Å². The highest BCUT2D eigenvalue weighted by molar-refractivity contribution is 5.98. The van der Waals surface area contributed by atoms with Crippen molar-refractivity contribution in [3.8, 4) is 6.07 Å². The minimum Gasteiger partial charge on any atom is -0.365 e. The smallest absolute Gasteiger partial charge is 0.252 e. The molecule has 0 spiro atoms. The lowest BCUT2D eigenvalue weighted by Crippen LogP contribution is -2.44. The molecule has 2 saturated carbocycles. The molecule has 0 saturated heterocycles. The van der Waals surface area contributed by atoms with Crippen molar-refractivity contribution in [2.45, 2.75) is 57.0 Å². The van der Waals surface area contributed by atoms with Crippen molar-refractivity contribution in [3.63, 3.8) is 0 Å². The number of nitrogens with two attached hydrogens (primary N) is 1. The van der Waals surface area contributed by atoms with Crippen LogP contribution in [0.25, 0.3) is 5.65 Å². The molecular weight excluding hydrogens is 476 g/mol. The summed E-state index contributed by atoms with van der Waals surface area (Å²) in [6, 6.07) is 13.3. The Labute approximate surface area is 221 Å². The van der Waals surface area contributed by atoms with Crippen LogP contribution in [0.4, 0.5) is 5.69 Å². The molecule has 0 aliphatic heterocycles. The fraction of sp³-hybridized carbons (Fsp3) is 0.414. The van der Waals surface area contributed by atoms with Gasteiger partial charge in [-0.15, -0.1) is 10.2 Å². The van der Waals surface area contributed by atoms with Crippen LogP contribution in [0, 0.1) is 23.2 Å². The zero-order valence-electron chi connectivity index (χ0n) is 21.8. The lowest BCUT2D eigenvalue weighted by Gasteiger charge is -2.47. The fourth-order valence-corrected chi connectivity index (χ4v) is 6.31. The standard InChI is InChI=1S/C29H32N8O/c1-19(22-6-7-22)37(17-21-12-25(26(31)38)27-32-10-11-36(27)16-21)24-5-3-4-23(13-24)29(14-20(15-29)8-9-30)28-34-33-18-35(28)2/h3-5,10-13,16,18-20,22H,6-8,14-15,17H2,1-2H3,(H2,31,38)/t19-,20?,29?/m0/s1. The van der Waals surface area contributed by atoms with Crippen LogP contribution >= 0.6 is 0 Å². The van der Waals surface area contributed by atoms with Gasteiger partial charge in [-0.1, -0.05) is 12.1 Å². The van der Waals surface area contributed by atoms with Crippen molar-refractivity contribution in [1.29, 1.82) is 5.26 Å². The van der Waals surface area contributed by atoms with Gasteiger partial charge in [0.25, 0.3) is 5.91 Å². The van der Waals surface area contributed by atoms with Gasteiger partial charge < -0.3 is 19.6 Å². The minimum atomic E-state index is -0.477. The Balaban J connectivity index is 1.39. The van der Waals surface area contributed by atoms with Crippen LogP contribution < -0.4 is 10.6 Å². The maximum Gasteiger partial charge on any atom is 0.252 e. The maximum absolute atomic E-state index is 12.2. The second-order valence-electron chi connectivity index (χ2n) is 11.0. The van der Waals surface area contributed by atoms with Gasteiger partial charge in [0.2, 0.25) is 0 Å². The van der Waals surface area contributed by atoms with Crippen molar-refractivity contribution in [2.75, 3.05) is 4.90 Å². The number of hydrogen-bond acceptors (Lipinski definition) is 6. The number of pyridine rings is 1. The van der Waals surface area contributed by atoms with E-state index >= 15 is 0 Å². The van der Waals surface area contributed by atoms with E-state index in [1.807, 2.05) is 34.5 Å². The van der Waals surface area contributed by atoms with Crippen LogP contribution in [0.2, 0.25) is 0 Å². The van der Waals surface area contributed by atoms with Gasteiger partial charge >= 0.3 is 0 Å². The number of benzene rings is 1. The summed E-state index contributed by atoms with van der Waals surface area (Å²) in [5, 5.41) is 18.0. The van der Waals surface area contributed by atoms with E-state index < -0.39 is 5.91 Å². The van der Waals surface area contributed by atoms with Crippen molar-refractivity contribution in [3.05, 3.63) is 77.8 Å². The Kier molecular flexibility index (Phi) is 5.90. The summed E-state index contributed by atoms with van der Waals surface area (Å²) in [6.45, 7) is 2.93. The molecule has 2 N–H and O–H groups in total. The predicted octanol–water partition coefficient (Wildman–Crippen LogP) is 3.98. The first-order valence-electron chi connectivity index (χ1n) is 13.2. The van der Waals surface area contributed by atoms with E-state index in [9.17, 15) is 10.1 Å². The van der Waals surface area contributed by atoms with Gasteiger partial charge in [0.05, 0.1) is 17.0 Å². The van der Waals surface area contributed by atoms with Gasteiger partial charge in [-0.3, -0.25) is 4.79 Å². The van der Waals surface area contributed by atoms with E-state index in [4.69, 9.17) is 5.73 Å². The predicted molar refractivity (Wildman–Crippen MR) is 143 cm³/mol. The zero-order chi connectivity index (χ0) is 26.4. The number of carbonyl (C=O) groups excluding carboxylic acids is 1. The summed E-state index contributed by atoms with van der Waals surface area (Å²) >= 11 is 0. The van der Waals surface area contributed by atoms with Gasteiger partial charge in [-0.05, 0) is 73.8 Å². The Morgan fingerprint density at radius 1 is 1.32 bits per heavy atom. The number of fused-ring (bicyclic) bond motifs is 1. The molecule has 0 bridgehead atoms. The summed E-state index contributed by atoms with van der Waals surface area (Å²) in [5.41, 5.74) is 9.80. The van der Waals surface area contributed by atoms with E-state index in [0.717, 1.165) is 29.9 Å². The van der Waals surface area contributed by atoms with Gasteiger partial charge in [0, 0.05) is 50.3 Å². The van der Waals surface area contributed by atoms with E-state index in [1.165, 1.54) is 18.4 Å². The molecule has 1 aromatic carbocycles. The Bertz CT molecular complexity index is 1540. The Morgan fingerprint density at radius 3 is 2.82 bits per heavy atom. The second-order valence-corrected chi connectivity index (χ2v) is 11.0. The average molecular weight is 509 g/mol. The van der Waals surface area contributed by atoms with Crippen LogP contribution in [-0.2, 0) is 19.0 Å². The molecule has 194 valence electrons. The fourth-order valence-electron chi connectivity index (χ4n) is 6.31. The van der Waals surface area contributed by atoms with Crippen LogP contribution in [0.15, 0.2) is 55.2 Å². The number of primary amides is 1. The number of nitrogens with zero attached hydrogens (tertiary/aromatic N) is 7. The van der Waals surface area contributed by atoms with Gasteiger partial charge in [-0.2, -0.15) is 5.26 Å². The third-order valence-electron chi connectivity index (χ3n) is 8.48. The highest BCUT2D eigenvalue weighted by Gasteiger charge is 2.49. The molecule has 0 radical (unpaired) electrons. The lowest BCUT2D eigenvalue weighted by molar-refractivity contribution is 0.100. The van der Waals surface area contributed by atoms with Gasteiger partial charge in [-0.25, -0.2) is 4.98 Å². The first kappa shape index (κ1) is 24.2. The quantitative estimate of drug-likeness (QED) is 0.365. The first-order valence-corrected chi connectivity index (χ1v) is 13.2. The van der Waals surface area contributed by atoms with Crippen LogP contribution in [0.5, 0.6) is 0 Å². The zero-order valence-corrected chi connectivity index (χ0v) is 21.8. The minimum absolute atomic E-state index is 0.258. The maximum atomic E-state index is 12.2. The molecule has 2 fully saturated rings. The summed E-state index contributed by atoms with van der Waals surface area (Å²) in [7, 11) is 1.99. The number of aryl methyl sites for hydroxylation is 1. The van der Waals surface area contributed by atoms with Crippen LogP contribution in [-0.4, -0.2) is 36.1 Å². The molecule has 0 unspecified atom stereocenters. The number of aromatic nitrogens is 5. The molecule has 2 aliphatic carbocycles. The number of hydrogen-bond donors (Lipinski definition) is 1. The number of nitriles is 1. The molecule has 3 heterocycles. The van der Waals surface area contributed by atoms with Gasteiger partial charge in [0.15, 0.2) is 0 Å². The normalized spacial score (nSPS) is 21.6. The van der Waals surface area contributed by atoms with Gasteiger partial charge in [0.1, 0.15) is 17.8 Å². The summed E-state index contributed by atoms with van der Waals surface area (Å²) < 4.78 is 3.88. The number of amides is 1. The molecule has 2 aliphatic rings. The summed E-state index contributed by atoms with van der Waals surface area (Å²) in [5.74, 6) is 1.47. The summed E-state index contributed by atoms with van der Waals surface area (Å²) in [4.78, 5) is 19.0. The number of imidazole rings is 1. The molecule has 6 rings (SSSR count). The number of carbonyl (C=O) groups is 1. The highest BCUT2D eigenvalue weighted by atomic mass is 16.1. The summed E-state index contributed by atoms with van der Waals surface area (Å²) in [6.07, 6.45) is 12.1. The number of rotatable bonds is 9. The number of anilines is 1. The van der Waals surface area contributed by atoms with E-state index in [-0.39, 0.29) is 5.41 Å². The van der Waals surface area contributed by atoms with Crippen LogP contribution in [0.3, 0.4) is 0 Å². The van der Waals surface area contributed by atoms with Crippen LogP contribution in [0.1, 0.15) is 66.3 Å². The molecule has 38 heavy (non-hydrogen) atoms. The first-order chi connectivity index (χ1) is 18.4. The topological polar surface area (TPSA) is 118 Å². The molecule has 3 aromatic heterocycles. The van der Waals surface area contributed by atoms with Crippen molar-refractivity contribution in [2.24, 2.45) is 24.6 Å². The molecule has 9 nitrogen and oxygen atoms in total. The average Bonchev–Trinajstić information content (AvgIpc) is 3.48. The third kappa shape index (κ3) is 4.10. The van der Waals surface area contributed by atoms with Crippen molar-refractivity contribution in [1.82, 2.24) is 24.1 Å². The molecule has 1 atom stereocenters. The highest BCUT2D eigenvalue weighted by Crippen LogP contribution is 2.53. The van der Waals surface area contributed by atoms with Crippen molar-refractivity contribution >= 4 is 17.2 Å². The van der Waals surface area contributed by atoms with E-state index in [1.54, 1.807) is 12.5 Å². The van der Waals surface area contributed by atoms with Crippen molar-refractivity contribution < 1.29 is 4.79 Å². The monoisotopic (exact) mass is 508 g/mol. The Morgan fingerprint density at radius 2 is 2.13 bits per heavy atom. The molecule has 4 aromatic rings. The molecule has 9 heteroatoms. The lowest BCUT2D eigenvalue weighted by atomic mass is 9.57. The third-order valence-corrected chi connectivity index (χ3v) is 8.48. The SMILES string of the molecule is C[C@@H](C1CC1)N(Cc1cc(C(N)=O)c2nccn2c1)c1cccc(C2(c3nncn3C)CC(CC#N)C2)c1. The Hall–Kier alpha value is -4.19. The molecular formula is C29H32N8O. The van der Waals surface area contributed by atoms with E-state index in [0.29, 0.717) is 42.1 Å².